The Morgan fingerprint density at radius 1 is 1.04 bits per heavy atom. The number of carbonyl (C=O) groups is 3. The van der Waals surface area contributed by atoms with E-state index in [0.717, 1.165) is 0 Å². The predicted molar refractivity (Wildman–Crippen MR) is 102 cm³/mol. The fourth-order valence-electron chi connectivity index (χ4n) is 2.51. The summed E-state index contributed by atoms with van der Waals surface area (Å²) in [4.78, 5) is 36.5. The number of carbonyl (C=O) groups excluding carboxylic acids is 3. The lowest BCUT2D eigenvalue weighted by Crippen LogP contribution is -2.28. The summed E-state index contributed by atoms with van der Waals surface area (Å²) in [6.45, 7) is 0.245. The normalized spacial score (nSPS) is 10.7. The van der Waals surface area contributed by atoms with Crippen molar-refractivity contribution in [1.29, 1.82) is 0 Å². The minimum Gasteiger partial charge on any atom is -0.468 e. The number of rotatable bonds is 7. The second kappa shape index (κ2) is 9.14. The van der Waals surface area contributed by atoms with Crippen molar-refractivity contribution in [2.24, 2.45) is 5.92 Å². The summed E-state index contributed by atoms with van der Waals surface area (Å²) in [5.41, 5.74) is 0.979. The lowest BCUT2D eigenvalue weighted by atomic mass is 10.1. The van der Waals surface area contributed by atoms with Gasteiger partial charge in [-0.25, -0.2) is 0 Å². The van der Waals surface area contributed by atoms with Crippen molar-refractivity contribution in [3.05, 3.63) is 56.7 Å². The highest BCUT2D eigenvalue weighted by atomic mass is 79.9. The van der Waals surface area contributed by atoms with E-state index in [9.17, 15) is 14.4 Å². The molecule has 0 radical (unpaired) electrons. The zero-order chi connectivity index (χ0) is 19.3. The number of halogens is 2. The van der Waals surface area contributed by atoms with Gasteiger partial charge in [0.15, 0.2) is 5.92 Å². The maximum Gasteiger partial charge on any atom is 0.320 e. The summed E-state index contributed by atoms with van der Waals surface area (Å²) in [6, 6.07) is 10.6. The molecule has 0 unspecified atom stereocenters. The van der Waals surface area contributed by atoms with Gasteiger partial charge < -0.3 is 14.0 Å². The molecule has 0 aliphatic carbocycles. The standard InChI is InChI=1S/C18H17Br2NO5/c1-25-17(23)12(18(24)26-2)8-9-21-14(10-13(19)16(21)20)15(22)11-6-4-3-5-7-11/h3-7,10,12H,8-9H2,1-2H3. The maximum absolute atomic E-state index is 12.8. The van der Waals surface area contributed by atoms with Crippen molar-refractivity contribution in [1.82, 2.24) is 4.57 Å². The molecule has 0 amide bonds. The van der Waals surface area contributed by atoms with Crippen LogP contribution in [0.3, 0.4) is 0 Å². The van der Waals surface area contributed by atoms with Gasteiger partial charge >= 0.3 is 11.9 Å². The monoisotopic (exact) mass is 485 g/mol. The molecule has 2 aromatic rings. The molecule has 8 heteroatoms. The van der Waals surface area contributed by atoms with Crippen LogP contribution in [0.4, 0.5) is 0 Å². The number of methoxy groups -OCH3 is 2. The van der Waals surface area contributed by atoms with Gasteiger partial charge in [0.25, 0.3) is 0 Å². The van der Waals surface area contributed by atoms with Gasteiger partial charge in [0.2, 0.25) is 5.78 Å². The highest BCUT2D eigenvalue weighted by Crippen LogP contribution is 2.29. The number of nitrogens with zero attached hydrogens (tertiary/aromatic N) is 1. The molecule has 0 spiro atoms. The molecule has 1 aromatic heterocycles. The van der Waals surface area contributed by atoms with E-state index in [4.69, 9.17) is 0 Å². The van der Waals surface area contributed by atoms with E-state index in [-0.39, 0.29) is 18.7 Å². The minimum absolute atomic E-state index is 0.133. The molecule has 2 rings (SSSR count). The number of benzene rings is 1. The topological polar surface area (TPSA) is 74.6 Å². The Hall–Kier alpha value is -1.93. The number of aromatic nitrogens is 1. The van der Waals surface area contributed by atoms with Gasteiger partial charge in [-0.2, -0.15) is 0 Å². The molecule has 1 aromatic carbocycles. The van der Waals surface area contributed by atoms with Gasteiger partial charge in [0.05, 0.1) is 29.0 Å². The van der Waals surface area contributed by atoms with Crippen molar-refractivity contribution in [3.8, 4) is 0 Å². The Balaban J connectivity index is 2.30. The Labute approximate surface area is 167 Å². The third-order valence-electron chi connectivity index (χ3n) is 3.87. The van der Waals surface area contributed by atoms with Crippen LogP contribution in [-0.2, 0) is 25.6 Å². The number of hydrogen-bond acceptors (Lipinski definition) is 5. The summed E-state index contributed by atoms with van der Waals surface area (Å²) in [5.74, 6) is -2.56. The van der Waals surface area contributed by atoms with Gasteiger partial charge in [0.1, 0.15) is 0 Å². The molecular formula is C18H17Br2NO5. The van der Waals surface area contributed by atoms with Gasteiger partial charge in [0, 0.05) is 12.1 Å². The zero-order valence-electron chi connectivity index (χ0n) is 14.2. The molecule has 1 heterocycles. The molecule has 26 heavy (non-hydrogen) atoms. The molecule has 0 saturated heterocycles. The van der Waals surface area contributed by atoms with E-state index in [1.54, 1.807) is 34.9 Å². The van der Waals surface area contributed by atoms with E-state index < -0.39 is 17.9 Å². The number of hydrogen-bond donors (Lipinski definition) is 0. The van der Waals surface area contributed by atoms with Crippen molar-refractivity contribution in [2.75, 3.05) is 14.2 Å². The van der Waals surface area contributed by atoms with E-state index in [2.05, 4.69) is 41.3 Å². The van der Waals surface area contributed by atoms with Crippen LogP contribution in [0.25, 0.3) is 0 Å². The van der Waals surface area contributed by atoms with E-state index >= 15 is 0 Å². The summed E-state index contributed by atoms with van der Waals surface area (Å²) >= 11 is 6.83. The Kier molecular flexibility index (Phi) is 7.16. The van der Waals surface area contributed by atoms with Crippen LogP contribution in [0.1, 0.15) is 22.5 Å². The van der Waals surface area contributed by atoms with E-state index in [0.29, 0.717) is 20.3 Å². The Morgan fingerprint density at radius 2 is 1.62 bits per heavy atom. The first kappa shape index (κ1) is 20.4. The van der Waals surface area contributed by atoms with Crippen LogP contribution in [0, 0.1) is 5.92 Å². The first-order valence-corrected chi connectivity index (χ1v) is 9.29. The van der Waals surface area contributed by atoms with Gasteiger partial charge in [-0.3, -0.25) is 14.4 Å². The maximum atomic E-state index is 12.8. The third-order valence-corrected chi connectivity index (χ3v) is 5.86. The van der Waals surface area contributed by atoms with Crippen molar-refractivity contribution >= 4 is 49.6 Å². The quantitative estimate of drug-likeness (QED) is 0.339. The number of esters is 2. The second-order valence-corrected chi connectivity index (χ2v) is 7.01. The Morgan fingerprint density at radius 3 is 2.15 bits per heavy atom. The highest BCUT2D eigenvalue weighted by Gasteiger charge is 2.29. The molecule has 0 N–H and O–H groups in total. The van der Waals surface area contributed by atoms with Gasteiger partial charge in [-0.15, -0.1) is 0 Å². The summed E-state index contributed by atoms with van der Waals surface area (Å²) in [7, 11) is 2.43. The van der Waals surface area contributed by atoms with Crippen LogP contribution < -0.4 is 0 Å². The average molecular weight is 487 g/mol. The molecule has 0 aliphatic rings. The molecule has 0 fully saturated rings. The van der Waals surface area contributed by atoms with Crippen molar-refractivity contribution in [3.63, 3.8) is 0 Å². The number of ketones is 1. The first-order chi connectivity index (χ1) is 12.4. The van der Waals surface area contributed by atoms with Crippen molar-refractivity contribution < 1.29 is 23.9 Å². The van der Waals surface area contributed by atoms with E-state index in [1.807, 2.05) is 6.07 Å². The molecule has 0 bridgehead atoms. The average Bonchev–Trinajstić information content (AvgIpc) is 2.95. The van der Waals surface area contributed by atoms with Gasteiger partial charge in [-0.05, 0) is 44.3 Å². The Bertz CT molecular complexity index is 800. The van der Waals surface area contributed by atoms with Crippen LogP contribution in [-0.4, -0.2) is 36.5 Å². The molecule has 6 nitrogen and oxygen atoms in total. The van der Waals surface area contributed by atoms with Crippen LogP contribution in [0.5, 0.6) is 0 Å². The molecule has 0 saturated carbocycles. The fraction of sp³-hybridized carbons (Fsp3) is 0.278. The van der Waals surface area contributed by atoms with Crippen LogP contribution in [0.15, 0.2) is 45.5 Å². The first-order valence-electron chi connectivity index (χ1n) is 7.70. The predicted octanol–water partition coefficient (Wildman–Crippen LogP) is 3.60. The smallest absolute Gasteiger partial charge is 0.320 e. The highest BCUT2D eigenvalue weighted by molar-refractivity contribution is 9.13. The SMILES string of the molecule is COC(=O)C(CCn1c(C(=O)c2ccccc2)cc(Br)c1Br)C(=O)OC. The lowest BCUT2D eigenvalue weighted by Gasteiger charge is -2.15. The van der Waals surface area contributed by atoms with Gasteiger partial charge in [-0.1, -0.05) is 30.3 Å². The lowest BCUT2D eigenvalue weighted by molar-refractivity contribution is -0.159. The summed E-state index contributed by atoms with van der Waals surface area (Å²) in [6.07, 6.45) is 0.133. The number of ether oxygens (including phenoxy) is 2. The zero-order valence-corrected chi connectivity index (χ0v) is 17.4. The third kappa shape index (κ3) is 4.42. The van der Waals surface area contributed by atoms with Crippen LogP contribution >= 0.6 is 31.9 Å². The van der Waals surface area contributed by atoms with Crippen LogP contribution in [0.2, 0.25) is 0 Å². The second-order valence-electron chi connectivity index (χ2n) is 5.40. The fourth-order valence-corrected chi connectivity index (χ4v) is 3.42. The molecule has 0 aliphatic heterocycles. The summed E-state index contributed by atoms with van der Waals surface area (Å²) < 4.78 is 12.4. The van der Waals surface area contributed by atoms with Crippen molar-refractivity contribution in [2.45, 2.75) is 13.0 Å². The molecular weight excluding hydrogens is 470 g/mol. The minimum atomic E-state index is -1.06. The van der Waals surface area contributed by atoms with E-state index in [1.165, 1.54) is 14.2 Å². The summed E-state index contributed by atoms with van der Waals surface area (Å²) in [5, 5.41) is 0. The molecule has 138 valence electrons. The molecule has 0 atom stereocenters. The largest absolute Gasteiger partial charge is 0.468 e.